The predicted octanol–water partition coefficient (Wildman–Crippen LogP) is 2.34. The van der Waals surface area contributed by atoms with Gasteiger partial charge in [-0.25, -0.2) is 4.98 Å². The minimum Gasteiger partial charge on any atom is -0.352 e. The summed E-state index contributed by atoms with van der Waals surface area (Å²) in [6.45, 7) is 2.04. The van der Waals surface area contributed by atoms with E-state index in [1.165, 1.54) is 0 Å². The molecule has 3 heterocycles. The van der Waals surface area contributed by atoms with Gasteiger partial charge in [0.05, 0.1) is 0 Å². The number of thioether (sulfide) groups is 1. The van der Waals surface area contributed by atoms with Crippen LogP contribution in [0.15, 0.2) is 42.7 Å². The van der Waals surface area contributed by atoms with Gasteiger partial charge < -0.3 is 4.90 Å². The Morgan fingerprint density at radius 3 is 2.62 bits per heavy atom. The van der Waals surface area contributed by atoms with E-state index >= 15 is 0 Å². The number of hydrogen-bond donors (Lipinski definition) is 0. The van der Waals surface area contributed by atoms with Crippen LogP contribution in [-0.4, -0.2) is 44.2 Å². The Morgan fingerprint density at radius 2 is 1.81 bits per heavy atom. The summed E-state index contributed by atoms with van der Waals surface area (Å²) in [7, 11) is 0. The van der Waals surface area contributed by atoms with E-state index in [1.54, 1.807) is 0 Å². The van der Waals surface area contributed by atoms with Crippen LogP contribution in [0.5, 0.6) is 0 Å². The van der Waals surface area contributed by atoms with Crippen LogP contribution in [-0.2, 0) is 0 Å². The Morgan fingerprint density at radius 1 is 1.00 bits per heavy atom. The summed E-state index contributed by atoms with van der Waals surface area (Å²) >= 11 is 1.99. The smallest absolute Gasteiger partial charge is 0.204 e. The van der Waals surface area contributed by atoms with E-state index in [0.717, 1.165) is 47.4 Å². The zero-order valence-corrected chi connectivity index (χ0v) is 12.3. The largest absolute Gasteiger partial charge is 0.352 e. The maximum absolute atomic E-state index is 4.53. The molecule has 0 unspecified atom stereocenters. The molecular weight excluding hydrogens is 282 g/mol. The minimum absolute atomic E-state index is 0.836. The quantitative estimate of drug-likeness (QED) is 0.726. The van der Waals surface area contributed by atoms with Crippen LogP contribution >= 0.6 is 11.8 Å². The topological polar surface area (TPSA) is 46.3 Å². The molecule has 0 aliphatic carbocycles. The first kappa shape index (κ1) is 12.6. The lowest BCUT2D eigenvalue weighted by Gasteiger charge is -2.27. The fraction of sp³-hybridized carbons (Fsp3) is 0.267. The zero-order valence-electron chi connectivity index (χ0n) is 11.5. The zero-order chi connectivity index (χ0) is 14.1. The first-order chi connectivity index (χ1) is 10.4. The summed E-state index contributed by atoms with van der Waals surface area (Å²) in [6.07, 6.45) is 3.76. The van der Waals surface area contributed by atoms with Gasteiger partial charge in [0.2, 0.25) is 5.65 Å². The molecule has 0 spiro atoms. The van der Waals surface area contributed by atoms with Gasteiger partial charge in [0.15, 0.2) is 11.6 Å². The van der Waals surface area contributed by atoms with E-state index in [0.29, 0.717) is 0 Å². The number of hydrogen-bond acceptors (Lipinski definition) is 5. The van der Waals surface area contributed by atoms with Crippen LogP contribution in [0.25, 0.3) is 17.0 Å². The summed E-state index contributed by atoms with van der Waals surface area (Å²) in [5, 5.41) is 8.73. The van der Waals surface area contributed by atoms with E-state index in [4.69, 9.17) is 0 Å². The lowest BCUT2D eigenvalue weighted by Crippen LogP contribution is -2.33. The number of aromatic nitrogens is 4. The lowest BCUT2D eigenvalue weighted by molar-refractivity contribution is 0.836. The maximum atomic E-state index is 4.53. The first-order valence-electron chi connectivity index (χ1n) is 7.01. The molecule has 0 N–H and O–H groups in total. The number of rotatable bonds is 2. The number of benzene rings is 1. The third-order valence-corrected chi connectivity index (χ3v) is 4.59. The first-order valence-corrected chi connectivity index (χ1v) is 8.17. The highest BCUT2D eigenvalue weighted by molar-refractivity contribution is 7.99. The van der Waals surface area contributed by atoms with Gasteiger partial charge in [-0.15, -0.1) is 10.2 Å². The molecule has 21 heavy (non-hydrogen) atoms. The van der Waals surface area contributed by atoms with Crippen molar-refractivity contribution in [2.24, 2.45) is 0 Å². The van der Waals surface area contributed by atoms with E-state index in [-0.39, 0.29) is 0 Å². The molecule has 1 aliphatic heterocycles. The lowest BCUT2D eigenvalue weighted by atomic mass is 10.2. The van der Waals surface area contributed by atoms with Gasteiger partial charge in [-0.2, -0.15) is 11.8 Å². The molecule has 0 bridgehead atoms. The highest BCUT2D eigenvalue weighted by Gasteiger charge is 2.18. The summed E-state index contributed by atoms with van der Waals surface area (Å²) in [5.41, 5.74) is 1.90. The van der Waals surface area contributed by atoms with E-state index in [9.17, 15) is 0 Å². The Labute approximate surface area is 127 Å². The second-order valence-electron chi connectivity index (χ2n) is 4.93. The van der Waals surface area contributed by atoms with Crippen molar-refractivity contribution in [2.75, 3.05) is 29.5 Å². The van der Waals surface area contributed by atoms with Crippen molar-refractivity contribution >= 4 is 23.2 Å². The molecular formula is C15H15N5S. The highest BCUT2D eigenvalue weighted by atomic mass is 32.2. The molecule has 106 valence electrons. The molecule has 2 aromatic heterocycles. The third kappa shape index (κ3) is 2.25. The molecule has 5 nitrogen and oxygen atoms in total. The third-order valence-electron chi connectivity index (χ3n) is 3.65. The molecule has 4 rings (SSSR count). The summed E-state index contributed by atoms with van der Waals surface area (Å²) in [5.74, 6) is 4.08. The van der Waals surface area contributed by atoms with Crippen molar-refractivity contribution in [1.29, 1.82) is 0 Å². The van der Waals surface area contributed by atoms with Gasteiger partial charge in [0.1, 0.15) is 0 Å². The van der Waals surface area contributed by atoms with Gasteiger partial charge >= 0.3 is 0 Å². The van der Waals surface area contributed by atoms with Crippen LogP contribution < -0.4 is 4.90 Å². The molecule has 1 saturated heterocycles. The predicted molar refractivity (Wildman–Crippen MR) is 85.8 cm³/mol. The maximum Gasteiger partial charge on any atom is 0.204 e. The minimum atomic E-state index is 0.836. The molecule has 6 heteroatoms. The van der Waals surface area contributed by atoms with Gasteiger partial charge in [-0.1, -0.05) is 30.3 Å². The van der Waals surface area contributed by atoms with Crippen molar-refractivity contribution in [1.82, 2.24) is 19.6 Å². The van der Waals surface area contributed by atoms with Crippen molar-refractivity contribution in [3.8, 4) is 11.4 Å². The fourth-order valence-electron chi connectivity index (χ4n) is 2.60. The van der Waals surface area contributed by atoms with Crippen LogP contribution in [0.2, 0.25) is 0 Å². The standard InChI is InChI=1S/C15H15N5S/c1-2-4-12(5-3-1)13-17-18-15-14(16-6-7-20(13)15)19-8-10-21-11-9-19/h1-7H,8-11H2. The van der Waals surface area contributed by atoms with Crippen molar-refractivity contribution in [3.05, 3.63) is 42.7 Å². The van der Waals surface area contributed by atoms with Gasteiger partial charge in [0.25, 0.3) is 0 Å². The Kier molecular flexibility index (Phi) is 3.23. The van der Waals surface area contributed by atoms with E-state index in [2.05, 4.69) is 20.1 Å². The summed E-state index contributed by atoms with van der Waals surface area (Å²) in [6, 6.07) is 10.1. The monoisotopic (exact) mass is 297 g/mol. The number of nitrogens with zero attached hydrogens (tertiary/aromatic N) is 5. The molecule has 0 atom stereocenters. The van der Waals surface area contributed by atoms with E-state index < -0.39 is 0 Å². The Balaban J connectivity index is 1.83. The number of anilines is 1. The summed E-state index contributed by atoms with van der Waals surface area (Å²) in [4.78, 5) is 6.83. The molecule has 0 radical (unpaired) electrons. The Bertz CT molecular complexity index is 749. The SMILES string of the molecule is c1ccc(-c2nnc3c(N4CCSCC4)nccn23)cc1. The Hall–Kier alpha value is -2.08. The van der Waals surface area contributed by atoms with Crippen molar-refractivity contribution in [2.45, 2.75) is 0 Å². The second-order valence-corrected chi connectivity index (χ2v) is 6.16. The van der Waals surface area contributed by atoms with Gasteiger partial charge in [0, 0.05) is 42.6 Å². The van der Waals surface area contributed by atoms with Crippen LogP contribution in [0.1, 0.15) is 0 Å². The molecule has 0 amide bonds. The molecule has 3 aromatic rings. The van der Waals surface area contributed by atoms with Crippen LogP contribution in [0.3, 0.4) is 0 Å². The number of fused-ring (bicyclic) bond motifs is 1. The van der Waals surface area contributed by atoms with Gasteiger partial charge in [-0.05, 0) is 0 Å². The average Bonchev–Trinajstić information content (AvgIpc) is 3.00. The molecule has 1 aliphatic rings. The van der Waals surface area contributed by atoms with Crippen molar-refractivity contribution in [3.63, 3.8) is 0 Å². The van der Waals surface area contributed by atoms with Gasteiger partial charge in [-0.3, -0.25) is 4.40 Å². The molecule has 1 fully saturated rings. The second kappa shape index (κ2) is 5.37. The molecule has 0 saturated carbocycles. The van der Waals surface area contributed by atoms with Crippen LogP contribution in [0, 0.1) is 0 Å². The fourth-order valence-corrected chi connectivity index (χ4v) is 3.50. The van der Waals surface area contributed by atoms with E-state index in [1.807, 2.05) is 58.9 Å². The molecule has 1 aromatic carbocycles. The van der Waals surface area contributed by atoms with Crippen LogP contribution in [0.4, 0.5) is 5.82 Å². The summed E-state index contributed by atoms with van der Waals surface area (Å²) < 4.78 is 2.03. The average molecular weight is 297 g/mol. The normalized spacial score (nSPS) is 15.5. The van der Waals surface area contributed by atoms with Crippen molar-refractivity contribution < 1.29 is 0 Å². The highest BCUT2D eigenvalue weighted by Crippen LogP contribution is 2.24.